The Bertz CT molecular complexity index is 174. The van der Waals surface area contributed by atoms with E-state index < -0.39 is 0 Å². The zero-order valence-electron chi connectivity index (χ0n) is 9.38. The zero-order valence-corrected chi connectivity index (χ0v) is 9.38. The van der Waals surface area contributed by atoms with Gasteiger partial charge in [-0.2, -0.15) is 0 Å². The van der Waals surface area contributed by atoms with Crippen LogP contribution >= 0.6 is 0 Å². The first kappa shape index (κ1) is 11.5. The van der Waals surface area contributed by atoms with Crippen molar-refractivity contribution >= 4 is 5.91 Å². The lowest BCUT2D eigenvalue weighted by molar-refractivity contribution is -0.134. The summed E-state index contributed by atoms with van der Waals surface area (Å²) in [6, 6.07) is 0. The van der Waals surface area contributed by atoms with Crippen molar-refractivity contribution in [3.8, 4) is 0 Å². The molecule has 0 aromatic rings. The number of nitrogens with zero attached hydrogens (tertiary/aromatic N) is 1. The van der Waals surface area contributed by atoms with E-state index in [9.17, 15) is 4.79 Å². The van der Waals surface area contributed by atoms with Gasteiger partial charge in [0.2, 0.25) is 5.91 Å². The standard InChI is InChI=1S/C11H22N2O/c1-10(9-12-2)11(14)13-7-5-3-4-6-8-13/h10,12H,3-9H2,1-2H3. The maximum Gasteiger partial charge on any atom is 0.226 e. The highest BCUT2D eigenvalue weighted by molar-refractivity contribution is 5.78. The lowest BCUT2D eigenvalue weighted by Gasteiger charge is -2.23. The summed E-state index contributed by atoms with van der Waals surface area (Å²) in [5, 5.41) is 3.06. The van der Waals surface area contributed by atoms with Crippen molar-refractivity contribution in [3.63, 3.8) is 0 Å². The van der Waals surface area contributed by atoms with Crippen molar-refractivity contribution in [2.45, 2.75) is 32.6 Å². The van der Waals surface area contributed by atoms with Crippen molar-refractivity contribution < 1.29 is 4.79 Å². The van der Waals surface area contributed by atoms with Gasteiger partial charge in [-0.1, -0.05) is 19.8 Å². The van der Waals surface area contributed by atoms with Gasteiger partial charge in [0.15, 0.2) is 0 Å². The predicted octanol–water partition coefficient (Wildman–Crippen LogP) is 1.24. The fraction of sp³-hybridized carbons (Fsp3) is 0.909. The molecule has 0 aliphatic carbocycles. The third-order valence-electron chi connectivity index (χ3n) is 2.85. The molecule has 1 aliphatic heterocycles. The monoisotopic (exact) mass is 198 g/mol. The van der Waals surface area contributed by atoms with Gasteiger partial charge in [0, 0.05) is 25.6 Å². The molecule has 3 nitrogen and oxygen atoms in total. The van der Waals surface area contributed by atoms with Gasteiger partial charge in [-0.15, -0.1) is 0 Å². The van der Waals surface area contributed by atoms with Crippen LogP contribution in [0.4, 0.5) is 0 Å². The van der Waals surface area contributed by atoms with Gasteiger partial charge >= 0.3 is 0 Å². The molecule has 1 atom stereocenters. The predicted molar refractivity (Wildman–Crippen MR) is 58.1 cm³/mol. The topological polar surface area (TPSA) is 32.3 Å². The molecule has 0 aromatic carbocycles. The first-order valence-electron chi connectivity index (χ1n) is 5.69. The summed E-state index contributed by atoms with van der Waals surface area (Å²) in [5.74, 6) is 0.444. The number of hydrogen-bond donors (Lipinski definition) is 1. The summed E-state index contributed by atoms with van der Waals surface area (Å²) < 4.78 is 0. The summed E-state index contributed by atoms with van der Waals surface area (Å²) in [7, 11) is 1.90. The van der Waals surface area contributed by atoms with Crippen LogP contribution in [0.15, 0.2) is 0 Å². The van der Waals surface area contributed by atoms with Gasteiger partial charge < -0.3 is 10.2 Å². The molecule has 0 saturated carbocycles. The fourth-order valence-corrected chi connectivity index (χ4v) is 2.00. The number of likely N-dealkylation sites (tertiary alicyclic amines) is 1. The fourth-order valence-electron chi connectivity index (χ4n) is 2.00. The minimum atomic E-state index is 0.123. The molecule has 1 aliphatic rings. The lowest BCUT2D eigenvalue weighted by Crippen LogP contribution is -2.39. The average molecular weight is 198 g/mol. The van der Waals surface area contributed by atoms with Crippen molar-refractivity contribution in [2.24, 2.45) is 5.92 Å². The molecule has 1 fully saturated rings. The first-order chi connectivity index (χ1) is 6.75. The zero-order chi connectivity index (χ0) is 10.4. The molecule has 0 aromatic heterocycles. The lowest BCUT2D eigenvalue weighted by atomic mass is 10.1. The van der Waals surface area contributed by atoms with Crippen LogP contribution in [-0.4, -0.2) is 37.5 Å². The number of nitrogens with one attached hydrogen (secondary N) is 1. The Kier molecular flexibility index (Phi) is 4.94. The van der Waals surface area contributed by atoms with E-state index in [0.717, 1.165) is 19.6 Å². The molecule has 1 saturated heterocycles. The van der Waals surface area contributed by atoms with Crippen molar-refractivity contribution in [2.75, 3.05) is 26.7 Å². The van der Waals surface area contributed by atoms with Gasteiger partial charge in [0.05, 0.1) is 0 Å². The van der Waals surface area contributed by atoms with E-state index in [1.165, 1.54) is 25.7 Å². The van der Waals surface area contributed by atoms with Crippen LogP contribution in [0, 0.1) is 5.92 Å². The van der Waals surface area contributed by atoms with E-state index in [2.05, 4.69) is 5.32 Å². The second-order valence-electron chi connectivity index (χ2n) is 4.20. The van der Waals surface area contributed by atoms with Crippen LogP contribution in [0.2, 0.25) is 0 Å². The first-order valence-corrected chi connectivity index (χ1v) is 5.69. The third kappa shape index (κ3) is 3.29. The van der Waals surface area contributed by atoms with Crippen LogP contribution in [0.5, 0.6) is 0 Å². The minimum Gasteiger partial charge on any atom is -0.342 e. The highest BCUT2D eigenvalue weighted by Gasteiger charge is 2.20. The highest BCUT2D eigenvalue weighted by atomic mass is 16.2. The van der Waals surface area contributed by atoms with Crippen LogP contribution in [0.1, 0.15) is 32.6 Å². The molecule has 1 unspecified atom stereocenters. The van der Waals surface area contributed by atoms with Gasteiger partial charge in [-0.3, -0.25) is 4.79 Å². The van der Waals surface area contributed by atoms with E-state index >= 15 is 0 Å². The molecule has 82 valence electrons. The number of amides is 1. The number of carbonyl (C=O) groups excluding carboxylic acids is 1. The largest absolute Gasteiger partial charge is 0.342 e. The van der Waals surface area contributed by atoms with Crippen LogP contribution in [0.3, 0.4) is 0 Å². The molecule has 1 amide bonds. The Morgan fingerprint density at radius 2 is 1.86 bits per heavy atom. The van der Waals surface area contributed by atoms with E-state index in [1.54, 1.807) is 0 Å². The SMILES string of the molecule is CNCC(C)C(=O)N1CCCCCC1. The maximum atomic E-state index is 11.9. The molecular weight excluding hydrogens is 176 g/mol. The van der Waals surface area contributed by atoms with Crippen LogP contribution in [-0.2, 0) is 4.79 Å². The van der Waals surface area contributed by atoms with Gasteiger partial charge in [0.1, 0.15) is 0 Å². The van der Waals surface area contributed by atoms with Crippen molar-refractivity contribution in [1.29, 1.82) is 0 Å². The molecule has 1 rings (SSSR count). The summed E-state index contributed by atoms with van der Waals surface area (Å²) in [6.45, 7) is 4.72. The van der Waals surface area contributed by atoms with Gasteiger partial charge in [0.25, 0.3) is 0 Å². The molecule has 3 heteroatoms. The summed E-state index contributed by atoms with van der Waals surface area (Å²) >= 11 is 0. The van der Waals surface area contributed by atoms with Crippen LogP contribution < -0.4 is 5.32 Å². The molecule has 0 radical (unpaired) electrons. The molecular formula is C11H22N2O. The quantitative estimate of drug-likeness (QED) is 0.740. The van der Waals surface area contributed by atoms with Crippen molar-refractivity contribution in [1.82, 2.24) is 10.2 Å². The molecule has 14 heavy (non-hydrogen) atoms. The highest BCUT2D eigenvalue weighted by Crippen LogP contribution is 2.12. The average Bonchev–Trinajstić information content (AvgIpc) is 2.45. The van der Waals surface area contributed by atoms with E-state index in [4.69, 9.17) is 0 Å². The second kappa shape index (κ2) is 6.02. The van der Waals surface area contributed by atoms with Crippen molar-refractivity contribution in [3.05, 3.63) is 0 Å². The Hall–Kier alpha value is -0.570. The number of rotatable bonds is 3. The van der Waals surface area contributed by atoms with Gasteiger partial charge in [-0.25, -0.2) is 0 Å². The summed E-state index contributed by atoms with van der Waals surface area (Å²) in [4.78, 5) is 14.0. The molecule has 1 N–H and O–H groups in total. The number of carbonyl (C=O) groups is 1. The van der Waals surface area contributed by atoms with Crippen LogP contribution in [0.25, 0.3) is 0 Å². The maximum absolute atomic E-state index is 11.9. The van der Waals surface area contributed by atoms with E-state index in [1.807, 2.05) is 18.9 Å². The minimum absolute atomic E-state index is 0.123. The Morgan fingerprint density at radius 1 is 1.29 bits per heavy atom. The van der Waals surface area contributed by atoms with E-state index in [-0.39, 0.29) is 5.92 Å². The Labute approximate surface area is 86.9 Å². The second-order valence-corrected chi connectivity index (χ2v) is 4.20. The Balaban J connectivity index is 2.40. The third-order valence-corrected chi connectivity index (χ3v) is 2.85. The summed E-state index contributed by atoms with van der Waals surface area (Å²) in [6.07, 6.45) is 4.92. The van der Waals surface area contributed by atoms with E-state index in [0.29, 0.717) is 5.91 Å². The molecule has 0 spiro atoms. The smallest absolute Gasteiger partial charge is 0.226 e. The Morgan fingerprint density at radius 3 is 2.36 bits per heavy atom. The molecule has 0 bridgehead atoms. The normalized spacial score (nSPS) is 20.3. The summed E-state index contributed by atoms with van der Waals surface area (Å²) in [5.41, 5.74) is 0. The number of hydrogen-bond acceptors (Lipinski definition) is 2. The molecule has 1 heterocycles. The van der Waals surface area contributed by atoms with Gasteiger partial charge in [-0.05, 0) is 19.9 Å².